The Morgan fingerprint density at radius 2 is 1.35 bits per heavy atom. The standard InChI is InChI=1S/C15H12O4.C2H6O2/c16-14(17)12-8-4-5-9-13(12)15(18)19-10-11-6-2-1-3-7-11;3-1-2-4/h1-9H,10H2,(H,16,17);3-4H,1-2H2. The van der Waals surface area contributed by atoms with E-state index in [0.29, 0.717) is 0 Å². The van der Waals surface area contributed by atoms with Crippen LogP contribution in [0.3, 0.4) is 0 Å². The van der Waals surface area contributed by atoms with Gasteiger partial charge in [-0.25, -0.2) is 9.59 Å². The molecule has 0 saturated heterocycles. The number of carbonyl (C=O) groups excluding carboxylic acids is 1. The molecule has 122 valence electrons. The van der Waals surface area contributed by atoms with Crippen LogP contribution in [0.15, 0.2) is 54.6 Å². The van der Waals surface area contributed by atoms with Crippen LogP contribution < -0.4 is 0 Å². The molecule has 0 unspecified atom stereocenters. The van der Waals surface area contributed by atoms with E-state index in [9.17, 15) is 9.59 Å². The molecule has 23 heavy (non-hydrogen) atoms. The first-order chi connectivity index (χ1) is 11.1. The van der Waals surface area contributed by atoms with Crippen LogP contribution in [0.4, 0.5) is 0 Å². The second-order valence-corrected chi connectivity index (χ2v) is 4.36. The smallest absolute Gasteiger partial charge is 0.339 e. The van der Waals surface area contributed by atoms with Gasteiger partial charge in [0.25, 0.3) is 0 Å². The van der Waals surface area contributed by atoms with Crippen LogP contribution in [0.2, 0.25) is 0 Å². The van der Waals surface area contributed by atoms with Gasteiger partial charge in [0, 0.05) is 0 Å². The molecule has 0 saturated carbocycles. The number of aliphatic hydroxyl groups is 2. The molecule has 0 bridgehead atoms. The lowest BCUT2D eigenvalue weighted by Crippen LogP contribution is -2.11. The van der Waals surface area contributed by atoms with Crippen molar-refractivity contribution in [2.75, 3.05) is 13.2 Å². The Bertz CT molecular complexity index is 622. The van der Waals surface area contributed by atoms with Gasteiger partial charge in [-0.05, 0) is 17.7 Å². The number of hydrogen-bond donors (Lipinski definition) is 3. The molecule has 0 heterocycles. The van der Waals surface area contributed by atoms with Crippen molar-refractivity contribution in [3.63, 3.8) is 0 Å². The quantitative estimate of drug-likeness (QED) is 0.725. The van der Waals surface area contributed by atoms with Crippen molar-refractivity contribution < 1.29 is 29.6 Å². The molecular weight excluding hydrogens is 300 g/mol. The third-order valence-corrected chi connectivity index (χ3v) is 2.69. The molecule has 2 aromatic rings. The van der Waals surface area contributed by atoms with Crippen LogP contribution in [0.25, 0.3) is 0 Å². The van der Waals surface area contributed by atoms with E-state index in [4.69, 9.17) is 20.1 Å². The number of esters is 1. The molecule has 0 aliphatic rings. The average Bonchev–Trinajstić information content (AvgIpc) is 2.60. The molecule has 3 N–H and O–H groups in total. The predicted molar refractivity (Wildman–Crippen MR) is 83.1 cm³/mol. The van der Waals surface area contributed by atoms with Crippen molar-refractivity contribution in [2.24, 2.45) is 0 Å². The van der Waals surface area contributed by atoms with E-state index >= 15 is 0 Å². The zero-order valence-corrected chi connectivity index (χ0v) is 12.4. The maximum atomic E-state index is 11.9. The van der Waals surface area contributed by atoms with Crippen molar-refractivity contribution in [3.8, 4) is 0 Å². The van der Waals surface area contributed by atoms with Crippen molar-refractivity contribution in [1.82, 2.24) is 0 Å². The van der Waals surface area contributed by atoms with Gasteiger partial charge in [0.05, 0.1) is 24.3 Å². The van der Waals surface area contributed by atoms with E-state index < -0.39 is 11.9 Å². The Morgan fingerprint density at radius 1 is 0.826 bits per heavy atom. The number of hydrogen-bond acceptors (Lipinski definition) is 5. The van der Waals surface area contributed by atoms with Crippen LogP contribution >= 0.6 is 0 Å². The lowest BCUT2D eigenvalue weighted by atomic mass is 10.1. The highest BCUT2D eigenvalue weighted by Crippen LogP contribution is 2.11. The normalized spacial score (nSPS) is 9.48. The topological polar surface area (TPSA) is 104 Å². The average molecular weight is 318 g/mol. The predicted octanol–water partition coefficient (Wildman–Crippen LogP) is 1.71. The molecule has 6 heteroatoms. The second kappa shape index (κ2) is 10.1. The largest absolute Gasteiger partial charge is 0.478 e. The van der Waals surface area contributed by atoms with Gasteiger partial charge >= 0.3 is 11.9 Å². The number of aromatic carboxylic acids is 1. The van der Waals surface area contributed by atoms with Gasteiger partial charge in [-0.3, -0.25) is 0 Å². The number of benzene rings is 2. The summed E-state index contributed by atoms with van der Waals surface area (Å²) < 4.78 is 5.10. The summed E-state index contributed by atoms with van der Waals surface area (Å²) in [5.74, 6) is -1.78. The molecule has 2 rings (SSSR count). The highest BCUT2D eigenvalue weighted by Gasteiger charge is 2.16. The molecule has 0 radical (unpaired) electrons. The van der Waals surface area contributed by atoms with E-state index in [1.807, 2.05) is 30.3 Å². The summed E-state index contributed by atoms with van der Waals surface area (Å²) in [6.45, 7) is -0.131. The minimum atomic E-state index is -1.15. The summed E-state index contributed by atoms with van der Waals surface area (Å²) in [5, 5.41) is 24.2. The molecule has 0 aromatic heterocycles. The first kappa shape index (κ1) is 18.3. The molecule has 6 nitrogen and oxygen atoms in total. The molecule has 0 spiro atoms. The highest BCUT2D eigenvalue weighted by atomic mass is 16.5. The molecule has 0 aliphatic heterocycles. The number of carbonyl (C=O) groups is 2. The van der Waals surface area contributed by atoms with Gasteiger partial charge in [0.1, 0.15) is 6.61 Å². The third kappa shape index (κ3) is 6.29. The Hall–Kier alpha value is -2.70. The minimum absolute atomic E-state index is 0.0550. The Labute approximate surface area is 133 Å². The zero-order chi connectivity index (χ0) is 17.1. The minimum Gasteiger partial charge on any atom is -0.478 e. The third-order valence-electron chi connectivity index (χ3n) is 2.69. The van der Waals surface area contributed by atoms with Gasteiger partial charge in [0.15, 0.2) is 0 Å². The molecular formula is C17H18O6. The lowest BCUT2D eigenvalue weighted by molar-refractivity contribution is 0.0463. The number of carboxylic acid groups (broad SMARTS) is 1. The highest BCUT2D eigenvalue weighted by molar-refractivity contribution is 6.02. The SMILES string of the molecule is O=C(O)c1ccccc1C(=O)OCc1ccccc1.OCCO. The number of aliphatic hydroxyl groups excluding tert-OH is 2. The number of rotatable bonds is 5. The summed E-state index contributed by atoms with van der Waals surface area (Å²) >= 11 is 0. The zero-order valence-electron chi connectivity index (χ0n) is 12.4. The van der Waals surface area contributed by atoms with Crippen molar-refractivity contribution in [3.05, 3.63) is 71.3 Å². The summed E-state index contributed by atoms with van der Waals surface area (Å²) in [6, 6.07) is 15.2. The first-order valence-electron chi connectivity index (χ1n) is 6.85. The second-order valence-electron chi connectivity index (χ2n) is 4.36. The maximum absolute atomic E-state index is 11.9. The summed E-state index contributed by atoms with van der Waals surface area (Å²) in [6.07, 6.45) is 0. The molecule has 0 atom stereocenters. The Morgan fingerprint density at radius 3 is 1.87 bits per heavy atom. The number of carboxylic acids is 1. The van der Waals surface area contributed by atoms with E-state index in [-0.39, 0.29) is 30.9 Å². The summed E-state index contributed by atoms with van der Waals surface area (Å²) in [7, 11) is 0. The monoisotopic (exact) mass is 318 g/mol. The fraction of sp³-hybridized carbons (Fsp3) is 0.176. The van der Waals surface area contributed by atoms with Gasteiger partial charge in [0.2, 0.25) is 0 Å². The van der Waals surface area contributed by atoms with E-state index in [2.05, 4.69) is 0 Å². The van der Waals surface area contributed by atoms with E-state index in [1.54, 1.807) is 12.1 Å². The van der Waals surface area contributed by atoms with Gasteiger partial charge in [-0.2, -0.15) is 0 Å². The van der Waals surface area contributed by atoms with Crippen LogP contribution in [0.1, 0.15) is 26.3 Å². The Balaban J connectivity index is 0.000000593. The van der Waals surface area contributed by atoms with Crippen molar-refractivity contribution in [2.45, 2.75) is 6.61 Å². The van der Waals surface area contributed by atoms with Gasteiger partial charge < -0.3 is 20.1 Å². The summed E-state index contributed by atoms with van der Waals surface area (Å²) in [4.78, 5) is 22.9. The van der Waals surface area contributed by atoms with E-state index in [0.717, 1.165) is 5.56 Å². The fourth-order valence-corrected chi connectivity index (χ4v) is 1.65. The molecule has 0 aliphatic carbocycles. The first-order valence-corrected chi connectivity index (χ1v) is 6.85. The van der Waals surface area contributed by atoms with Crippen LogP contribution in [0, 0.1) is 0 Å². The van der Waals surface area contributed by atoms with Gasteiger partial charge in [-0.1, -0.05) is 42.5 Å². The van der Waals surface area contributed by atoms with Crippen LogP contribution in [-0.4, -0.2) is 40.5 Å². The number of ether oxygens (including phenoxy) is 1. The van der Waals surface area contributed by atoms with Crippen LogP contribution in [-0.2, 0) is 11.3 Å². The van der Waals surface area contributed by atoms with E-state index in [1.165, 1.54) is 12.1 Å². The molecule has 0 fully saturated rings. The van der Waals surface area contributed by atoms with Crippen LogP contribution in [0.5, 0.6) is 0 Å². The van der Waals surface area contributed by atoms with Gasteiger partial charge in [-0.15, -0.1) is 0 Å². The molecule has 0 amide bonds. The van der Waals surface area contributed by atoms with Crippen molar-refractivity contribution in [1.29, 1.82) is 0 Å². The lowest BCUT2D eigenvalue weighted by Gasteiger charge is -2.07. The summed E-state index contributed by atoms with van der Waals surface area (Å²) in [5.41, 5.74) is 0.857. The Kier molecular flexibility index (Phi) is 8.06. The van der Waals surface area contributed by atoms with Crippen molar-refractivity contribution >= 4 is 11.9 Å². The fourth-order valence-electron chi connectivity index (χ4n) is 1.65. The maximum Gasteiger partial charge on any atom is 0.339 e. The molecule has 2 aromatic carbocycles.